The molecule has 150 valence electrons. The first kappa shape index (κ1) is 21.7. The second-order valence-corrected chi connectivity index (χ2v) is 8.22. The molecule has 0 radical (unpaired) electrons. The summed E-state index contributed by atoms with van der Waals surface area (Å²) in [6, 6.07) is 5.80. The van der Waals surface area contributed by atoms with Crippen molar-refractivity contribution in [2.75, 3.05) is 32.9 Å². The lowest BCUT2D eigenvalue weighted by Crippen LogP contribution is -2.40. The van der Waals surface area contributed by atoms with Crippen LogP contribution in [0.5, 0.6) is 0 Å². The number of nitrogens with one attached hydrogen (secondary N) is 1. The van der Waals surface area contributed by atoms with Gasteiger partial charge in [0.05, 0.1) is 29.7 Å². The summed E-state index contributed by atoms with van der Waals surface area (Å²) < 4.78 is 36.9. The molecule has 1 atom stereocenters. The van der Waals surface area contributed by atoms with Crippen molar-refractivity contribution in [3.63, 3.8) is 0 Å². The molecule has 0 unspecified atom stereocenters. The second-order valence-electron chi connectivity index (χ2n) is 6.28. The Balaban J connectivity index is 2.18. The lowest BCUT2D eigenvalue weighted by atomic mass is 10.0. The zero-order chi connectivity index (χ0) is 20.9. The van der Waals surface area contributed by atoms with Crippen LogP contribution >= 0.6 is 0 Å². The van der Waals surface area contributed by atoms with Crippen molar-refractivity contribution in [2.24, 2.45) is 5.92 Å². The Bertz CT molecular complexity index is 929. The first-order valence-corrected chi connectivity index (χ1v) is 9.95. The molecule has 0 saturated carbocycles. The van der Waals surface area contributed by atoms with Gasteiger partial charge in [0.1, 0.15) is 5.92 Å². The maximum absolute atomic E-state index is 12.7. The van der Waals surface area contributed by atoms with Crippen LogP contribution < -0.4 is 0 Å². The van der Waals surface area contributed by atoms with Gasteiger partial charge in [-0.3, -0.25) is 4.79 Å². The maximum atomic E-state index is 12.7. The van der Waals surface area contributed by atoms with Gasteiger partial charge in [-0.15, -0.1) is 0 Å². The molecule has 1 aliphatic rings. The molecule has 10 heteroatoms. The third kappa shape index (κ3) is 4.81. The van der Waals surface area contributed by atoms with Gasteiger partial charge in [-0.05, 0) is 31.5 Å². The van der Waals surface area contributed by atoms with E-state index in [9.17, 15) is 18.0 Å². The fraction of sp³-hybridized carbons (Fsp3) is 0.444. The topological polar surface area (TPSA) is 138 Å². The molecule has 1 aliphatic heterocycles. The van der Waals surface area contributed by atoms with Crippen LogP contribution in [0.3, 0.4) is 0 Å². The van der Waals surface area contributed by atoms with Crippen LogP contribution in [0, 0.1) is 29.6 Å². The molecule has 2 rings (SSSR count). The average molecular weight is 407 g/mol. The summed E-state index contributed by atoms with van der Waals surface area (Å²) in [4.78, 5) is 24.2. The van der Waals surface area contributed by atoms with E-state index in [1.54, 1.807) is 13.0 Å². The predicted octanol–water partition coefficient (Wildman–Crippen LogP) is 0.921. The normalized spacial score (nSPS) is 16.0. The number of carbonyl (C=O) groups is 2. The Morgan fingerprint density at radius 1 is 1.36 bits per heavy atom. The number of nitrogens with zero attached hydrogens (tertiary/aromatic N) is 2. The molecule has 1 N–H and O–H groups in total. The van der Waals surface area contributed by atoms with Gasteiger partial charge in [0.25, 0.3) is 0 Å². The lowest BCUT2D eigenvalue weighted by molar-refractivity contribution is -0.122. The Kier molecular flexibility index (Phi) is 7.01. The number of hydrogen-bond acceptors (Lipinski definition) is 8. The summed E-state index contributed by atoms with van der Waals surface area (Å²) in [6.07, 6.45) is 0. The first-order chi connectivity index (χ1) is 13.2. The molecule has 1 aromatic rings. The van der Waals surface area contributed by atoms with Gasteiger partial charge in [0, 0.05) is 18.8 Å². The van der Waals surface area contributed by atoms with Crippen LogP contribution in [0.4, 0.5) is 0 Å². The zero-order valence-electron chi connectivity index (χ0n) is 15.6. The molecule has 1 saturated heterocycles. The summed E-state index contributed by atoms with van der Waals surface area (Å²) in [6.45, 7) is 3.31. The molecule has 0 aliphatic carbocycles. The van der Waals surface area contributed by atoms with Crippen LogP contribution in [0.15, 0.2) is 23.1 Å². The Morgan fingerprint density at radius 3 is 2.57 bits per heavy atom. The number of rotatable bonds is 7. The number of Topliss-reactive ketones (excluding diaryl/α,β-unsaturated/α-hetero) is 1. The number of ketones is 1. The van der Waals surface area contributed by atoms with E-state index in [0.717, 1.165) is 0 Å². The van der Waals surface area contributed by atoms with Gasteiger partial charge >= 0.3 is 5.97 Å². The molecule has 28 heavy (non-hydrogen) atoms. The Hall–Kier alpha value is -2.61. The number of ether oxygens (including phenoxy) is 2. The number of sulfonamides is 1. The molecule has 1 aromatic carbocycles. The van der Waals surface area contributed by atoms with Crippen LogP contribution in [-0.2, 0) is 24.3 Å². The van der Waals surface area contributed by atoms with Crippen molar-refractivity contribution in [1.29, 1.82) is 10.7 Å². The van der Waals surface area contributed by atoms with Crippen molar-refractivity contribution in [2.45, 2.75) is 18.7 Å². The molecule has 1 heterocycles. The fourth-order valence-electron chi connectivity index (χ4n) is 2.63. The first-order valence-electron chi connectivity index (χ1n) is 8.51. The van der Waals surface area contributed by atoms with Crippen molar-refractivity contribution in [3.05, 3.63) is 29.3 Å². The van der Waals surface area contributed by atoms with Crippen LogP contribution in [0.1, 0.15) is 22.8 Å². The third-order valence-corrected chi connectivity index (χ3v) is 6.16. The van der Waals surface area contributed by atoms with Crippen LogP contribution in [-0.4, -0.2) is 63.1 Å². The molecular weight excluding hydrogens is 386 g/mol. The predicted molar refractivity (Wildman–Crippen MR) is 98.6 cm³/mol. The Morgan fingerprint density at radius 2 is 2.00 bits per heavy atom. The van der Waals surface area contributed by atoms with Crippen LogP contribution in [0.25, 0.3) is 0 Å². The van der Waals surface area contributed by atoms with Gasteiger partial charge in [-0.25, -0.2) is 13.2 Å². The van der Waals surface area contributed by atoms with Gasteiger partial charge in [0.2, 0.25) is 10.0 Å². The van der Waals surface area contributed by atoms with Gasteiger partial charge in [0.15, 0.2) is 12.4 Å². The highest BCUT2D eigenvalue weighted by atomic mass is 32.2. The largest absolute Gasteiger partial charge is 0.454 e. The standard InChI is InChI=1S/C18H21N3O6S/c1-12-3-4-14(28(24,25)21-5-7-26-8-6-21)9-15(12)18(23)27-11-17(22)16(10-19)13(2)20/h3-4,9,16,20H,5-8,11H2,1-2H3/t16-/m1/s1. The minimum Gasteiger partial charge on any atom is -0.454 e. The number of aryl methyl sites for hydroxylation is 1. The highest BCUT2D eigenvalue weighted by Crippen LogP contribution is 2.21. The van der Waals surface area contributed by atoms with E-state index in [4.69, 9.17) is 20.1 Å². The van der Waals surface area contributed by atoms with E-state index >= 15 is 0 Å². The molecule has 0 bridgehead atoms. The monoisotopic (exact) mass is 407 g/mol. The van der Waals surface area contributed by atoms with Crippen molar-refractivity contribution < 1.29 is 27.5 Å². The Labute approximate surface area is 163 Å². The smallest absolute Gasteiger partial charge is 0.338 e. The third-order valence-electron chi connectivity index (χ3n) is 4.27. The van der Waals surface area contributed by atoms with Crippen molar-refractivity contribution in [3.8, 4) is 6.07 Å². The summed E-state index contributed by atoms with van der Waals surface area (Å²) in [5.41, 5.74) is 0.360. The number of hydrogen-bond donors (Lipinski definition) is 1. The van der Waals surface area contributed by atoms with Gasteiger partial charge < -0.3 is 14.9 Å². The lowest BCUT2D eigenvalue weighted by Gasteiger charge is -2.26. The SMILES string of the molecule is CC(=N)[C@@H](C#N)C(=O)COC(=O)c1cc(S(=O)(=O)N2CCOCC2)ccc1C. The van der Waals surface area contributed by atoms with E-state index in [2.05, 4.69) is 0 Å². The second kappa shape index (κ2) is 9.05. The average Bonchev–Trinajstić information content (AvgIpc) is 2.67. The van der Waals surface area contributed by atoms with E-state index in [0.29, 0.717) is 18.8 Å². The fourth-order valence-corrected chi connectivity index (χ4v) is 4.06. The number of nitriles is 1. The molecule has 0 spiro atoms. The van der Waals surface area contributed by atoms with Gasteiger partial charge in [-0.2, -0.15) is 9.57 Å². The summed E-state index contributed by atoms with van der Waals surface area (Å²) in [7, 11) is -3.79. The molecule has 9 nitrogen and oxygen atoms in total. The van der Waals surface area contributed by atoms with E-state index in [1.165, 1.54) is 29.4 Å². The molecular formula is C18H21N3O6S. The van der Waals surface area contributed by atoms with Crippen LogP contribution in [0.2, 0.25) is 0 Å². The zero-order valence-corrected chi connectivity index (χ0v) is 16.4. The number of esters is 1. The van der Waals surface area contributed by atoms with Crippen molar-refractivity contribution >= 4 is 27.5 Å². The number of carbonyl (C=O) groups excluding carboxylic acids is 2. The van der Waals surface area contributed by atoms with Gasteiger partial charge in [-0.1, -0.05) is 6.07 Å². The van der Waals surface area contributed by atoms with E-state index in [1.807, 2.05) is 0 Å². The summed E-state index contributed by atoms with van der Waals surface area (Å²) >= 11 is 0. The maximum Gasteiger partial charge on any atom is 0.338 e. The summed E-state index contributed by atoms with van der Waals surface area (Å²) in [5.74, 6) is -2.86. The summed E-state index contributed by atoms with van der Waals surface area (Å²) in [5, 5.41) is 16.3. The van der Waals surface area contributed by atoms with E-state index in [-0.39, 0.29) is 29.3 Å². The minimum absolute atomic E-state index is 0.0159. The minimum atomic E-state index is -3.79. The van der Waals surface area contributed by atoms with E-state index < -0.39 is 34.3 Å². The highest BCUT2D eigenvalue weighted by Gasteiger charge is 2.28. The molecule has 0 aromatic heterocycles. The molecule has 1 fully saturated rings. The number of benzene rings is 1. The molecule has 0 amide bonds. The quantitative estimate of drug-likeness (QED) is 0.524. The van der Waals surface area contributed by atoms with Crippen molar-refractivity contribution in [1.82, 2.24) is 4.31 Å². The number of morpholine rings is 1. The highest BCUT2D eigenvalue weighted by molar-refractivity contribution is 7.89.